The number of benzene rings is 3. The third kappa shape index (κ3) is 6.89. The largest absolute Gasteiger partial charge is 0.493 e. The molecule has 0 radical (unpaired) electrons. The van der Waals surface area contributed by atoms with Gasteiger partial charge in [0.2, 0.25) is 5.75 Å². The molecule has 0 aromatic heterocycles. The van der Waals surface area contributed by atoms with Gasteiger partial charge in [-0.05, 0) is 63.5 Å². The predicted molar refractivity (Wildman–Crippen MR) is 144 cm³/mol. The maximum atomic E-state index is 12.8. The maximum Gasteiger partial charge on any atom is 0.416 e. The van der Waals surface area contributed by atoms with Gasteiger partial charge in [-0.1, -0.05) is 24.3 Å². The molecule has 1 N–H and O–H groups in total. The third-order valence-corrected chi connectivity index (χ3v) is 5.98. The standard InChI is InChI=1S/C28H25BrF3NO5/c1-35-24-15-18(16-25(36-2)27(24)38-4)6-5-17-13-21(29)26(37-3)22(14-17)33-12-11-23(34)19-7-9-20(10-8-19)28(30,31)32/h5-16,33H,1-4H3. The second-order valence-electron chi connectivity index (χ2n) is 7.79. The summed E-state index contributed by atoms with van der Waals surface area (Å²) in [5.74, 6) is 1.58. The van der Waals surface area contributed by atoms with Gasteiger partial charge >= 0.3 is 6.18 Å². The van der Waals surface area contributed by atoms with E-state index in [1.807, 2.05) is 36.4 Å². The zero-order valence-corrected chi connectivity index (χ0v) is 22.6. The molecule has 0 spiro atoms. The molecule has 10 heteroatoms. The summed E-state index contributed by atoms with van der Waals surface area (Å²) in [5, 5.41) is 3.00. The van der Waals surface area contributed by atoms with E-state index < -0.39 is 17.5 Å². The lowest BCUT2D eigenvalue weighted by Crippen LogP contribution is -2.05. The first-order chi connectivity index (χ1) is 18.1. The normalized spacial score (nSPS) is 11.6. The van der Waals surface area contributed by atoms with Crippen molar-refractivity contribution in [2.45, 2.75) is 6.18 Å². The molecule has 0 unspecified atom stereocenters. The van der Waals surface area contributed by atoms with Gasteiger partial charge in [-0.2, -0.15) is 13.2 Å². The summed E-state index contributed by atoms with van der Waals surface area (Å²) in [7, 11) is 6.12. The number of anilines is 1. The van der Waals surface area contributed by atoms with Crippen molar-refractivity contribution in [3.63, 3.8) is 0 Å². The van der Waals surface area contributed by atoms with Gasteiger partial charge in [-0.15, -0.1) is 0 Å². The van der Waals surface area contributed by atoms with E-state index in [-0.39, 0.29) is 5.56 Å². The number of carbonyl (C=O) groups excluding carboxylic acids is 1. The predicted octanol–water partition coefficient (Wildman–Crippen LogP) is 7.48. The molecule has 0 aliphatic rings. The number of halogens is 4. The highest BCUT2D eigenvalue weighted by molar-refractivity contribution is 9.10. The van der Waals surface area contributed by atoms with Crippen LogP contribution in [0.3, 0.4) is 0 Å². The van der Waals surface area contributed by atoms with Crippen molar-refractivity contribution < 1.29 is 36.9 Å². The molecular weight excluding hydrogens is 567 g/mol. The second-order valence-corrected chi connectivity index (χ2v) is 8.65. The molecular formula is C28H25BrF3NO5. The van der Waals surface area contributed by atoms with Crippen molar-refractivity contribution in [3.8, 4) is 23.0 Å². The summed E-state index contributed by atoms with van der Waals surface area (Å²) in [4.78, 5) is 12.4. The highest BCUT2D eigenvalue weighted by atomic mass is 79.9. The van der Waals surface area contributed by atoms with Gasteiger partial charge in [-0.25, -0.2) is 0 Å². The fourth-order valence-corrected chi connectivity index (χ4v) is 4.18. The molecule has 3 aromatic carbocycles. The second kappa shape index (κ2) is 12.6. The summed E-state index contributed by atoms with van der Waals surface area (Å²) < 4.78 is 60.5. The SMILES string of the molecule is COc1cc(C=Cc2cc(Br)c(OC)c(NC=CC(=O)c3ccc(C(F)(F)F)cc3)c2)cc(OC)c1OC. The van der Waals surface area contributed by atoms with Crippen LogP contribution in [0.15, 0.2) is 65.3 Å². The zero-order valence-electron chi connectivity index (χ0n) is 21.0. The van der Waals surface area contributed by atoms with E-state index in [0.717, 1.165) is 35.4 Å². The number of hydrogen-bond acceptors (Lipinski definition) is 6. The molecule has 0 saturated carbocycles. The Kier molecular flexibility index (Phi) is 9.46. The van der Waals surface area contributed by atoms with Crippen molar-refractivity contribution in [2.24, 2.45) is 0 Å². The molecule has 0 aliphatic carbocycles. The third-order valence-electron chi connectivity index (χ3n) is 5.40. The molecule has 0 heterocycles. The van der Waals surface area contributed by atoms with Gasteiger partial charge in [0.1, 0.15) is 0 Å². The Morgan fingerprint density at radius 3 is 1.87 bits per heavy atom. The Labute approximate surface area is 226 Å². The lowest BCUT2D eigenvalue weighted by atomic mass is 10.1. The highest BCUT2D eigenvalue weighted by Gasteiger charge is 2.30. The van der Waals surface area contributed by atoms with E-state index in [9.17, 15) is 18.0 Å². The summed E-state index contributed by atoms with van der Waals surface area (Å²) in [6, 6.07) is 11.3. The molecule has 38 heavy (non-hydrogen) atoms. The van der Waals surface area contributed by atoms with Gasteiger partial charge in [0.05, 0.1) is 44.2 Å². The van der Waals surface area contributed by atoms with Crippen LogP contribution in [-0.2, 0) is 6.18 Å². The molecule has 0 saturated heterocycles. The van der Waals surface area contributed by atoms with Crippen LogP contribution in [0, 0.1) is 0 Å². The lowest BCUT2D eigenvalue weighted by Gasteiger charge is -2.13. The van der Waals surface area contributed by atoms with Crippen molar-refractivity contribution in [2.75, 3.05) is 33.8 Å². The lowest BCUT2D eigenvalue weighted by molar-refractivity contribution is -0.137. The van der Waals surface area contributed by atoms with E-state index in [1.165, 1.54) is 26.5 Å². The van der Waals surface area contributed by atoms with Crippen LogP contribution < -0.4 is 24.3 Å². The van der Waals surface area contributed by atoms with Gasteiger partial charge < -0.3 is 24.3 Å². The first-order valence-corrected chi connectivity index (χ1v) is 11.9. The van der Waals surface area contributed by atoms with Crippen molar-refractivity contribution in [3.05, 3.63) is 87.5 Å². The summed E-state index contributed by atoms with van der Waals surface area (Å²) in [6.07, 6.45) is 1.90. The summed E-state index contributed by atoms with van der Waals surface area (Å²) in [5.41, 5.74) is 1.48. The van der Waals surface area contributed by atoms with Crippen LogP contribution in [0.5, 0.6) is 23.0 Å². The molecule has 0 fully saturated rings. The minimum atomic E-state index is -4.46. The zero-order chi connectivity index (χ0) is 27.9. The van der Waals surface area contributed by atoms with E-state index in [4.69, 9.17) is 18.9 Å². The number of nitrogens with one attached hydrogen (secondary N) is 1. The Morgan fingerprint density at radius 1 is 0.816 bits per heavy atom. The summed E-state index contributed by atoms with van der Waals surface area (Å²) in [6.45, 7) is 0. The van der Waals surface area contributed by atoms with Crippen LogP contribution in [0.4, 0.5) is 18.9 Å². The van der Waals surface area contributed by atoms with Crippen LogP contribution in [0.2, 0.25) is 0 Å². The molecule has 0 atom stereocenters. The fraction of sp³-hybridized carbons (Fsp3) is 0.179. The molecule has 6 nitrogen and oxygen atoms in total. The van der Waals surface area contributed by atoms with E-state index in [1.54, 1.807) is 14.2 Å². The quantitative estimate of drug-likeness (QED) is 0.150. The average Bonchev–Trinajstić information content (AvgIpc) is 2.90. The Morgan fingerprint density at radius 2 is 1.37 bits per heavy atom. The van der Waals surface area contributed by atoms with E-state index in [2.05, 4.69) is 21.2 Å². The molecule has 0 bridgehead atoms. The first kappa shape index (κ1) is 28.6. The van der Waals surface area contributed by atoms with Gasteiger partial charge in [-0.3, -0.25) is 4.79 Å². The highest BCUT2D eigenvalue weighted by Crippen LogP contribution is 2.39. The Balaban J connectivity index is 1.82. The number of methoxy groups -OCH3 is 4. The molecule has 200 valence electrons. The van der Waals surface area contributed by atoms with Crippen LogP contribution in [0.1, 0.15) is 27.0 Å². The van der Waals surface area contributed by atoms with Crippen molar-refractivity contribution in [1.29, 1.82) is 0 Å². The van der Waals surface area contributed by atoms with E-state index >= 15 is 0 Å². The van der Waals surface area contributed by atoms with Crippen LogP contribution in [-0.4, -0.2) is 34.2 Å². The minimum Gasteiger partial charge on any atom is -0.493 e. The summed E-state index contributed by atoms with van der Waals surface area (Å²) >= 11 is 3.49. The van der Waals surface area contributed by atoms with Gasteiger partial charge in [0, 0.05) is 17.8 Å². The number of hydrogen-bond donors (Lipinski definition) is 1. The molecule has 3 rings (SSSR count). The number of allylic oxidation sites excluding steroid dienone is 1. The average molecular weight is 592 g/mol. The first-order valence-electron chi connectivity index (χ1n) is 11.1. The van der Waals surface area contributed by atoms with Crippen molar-refractivity contribution in [1.82, 2.24) is 0 Å². The molecule has 0 amide bonds. The molecule has 3 aromatic rings. The fourth-order valence-electron chi connectivity index (χ4n) is 3.54. The van der Waals surface area contributed by atoms with Crippen LogP contribution >= 0.6 is 15.9 Å². The topological polar surface area (TPSA) is 66.0 Å². The minimum absolute atomic E-state index is 0.131. The maximum absolute atomic E-state index is 12.8. The van der Waals surface area contributed by atoms with Crippen molar-refractivity contribution >= 4 is 39.6 Å². The number of alkyl halides is 3. The van der Waals surface area contributed by atoms with E-state index in [0.29, 0.717) is 33.2 Å². The number of ether oxygens (including phenoxy) is 4. The van der Waals surface area contributed by atoms with Gasteiger partial charge in [0.25, 0.3) is 0 Å². The monoisotopic (exact) mass is 591 g/mol. The smallest absolute Gasteiger partial charge is 0.416 e. The number of rotatable bonds is 10. The van der Waals surface area contributed by atoms with Gasteiger partial charge in [0.15, 0.2) is 23.0 Å². The Hall–Kier alpha value is -3.92. The van der Waals surface area contributed by atoms with Crippen LogP contribution in [0.25, 0.3) is 12.2 Å². The Bertz CT molecular complexity index is 1330. The number of ketones is 1. The number of carbonyl (C=O) groups is 1. The molecule has 0 aliphatic heterocycles.